The number of rotatable bonds is 8. The van der Waals surface area contributed by atoms with Crippen LogP contribution in [0, 0.1) is 0 Å². The lowest BCUT2D eigenvalue weighted by atomic mass is 9.99. The molecule has 144 valence electrons. The summed E-state index contributed by atoms with van der Waals surface area (Å²) in [7, 11) is 1.54. The first-order valence-electron chi connectivity index (χ1n) is 9.11. The van der Waals surface area contributed by atoms with Crippen LogP contribution >= 0.6 is 0 Å². The normalized spacial score (nSPS) is 11.9. The van der Waals surface area contributed by atoms with Gasteiger partial charge in [-0.25, -0.2) is 0 Å². The monoisotopic (exact) mass is 368 g/mol. The van der Waals surface area contributed by atoms with Crippen molar-refractivity contribution in [1.82, 2.24) is 5.32 Å². The second kappa shape index (κ2) is 9.33. The first kappa shape index (κ1) is 20.6. The molecule has 0 aliphatic carbocycles. The fourth-order valence-corrected chi connectivity index (χ4v) is 2.84. The van der Waals surface area contributed by atoms with Crippen molar-refractivity contribution in [2.45, 2.75) is 39.2 Å². The summed E-state index contributed by atoms with van der Waals surface area (Å²) in [6, 6.07) is 13.0. The Morgan fingerprint density at radius 3 is 2.26 bits per heavy atom. The molecule has 27 heavy (non-hydrogen) atoms. The molecule has 2 aromatic carbocycles. The maximum Gasteiger partial charge on any atom is 0.224 e. The molecule has 5 heteroatoms. The third-order valence-electron chi connectivity index (χ3n) is 4.59. The van der Waals surface area contributed by atoms with Gasteiger partial charge in [0.1, 0.15) is 5.75 Å². The van der Waals surface area contributed by atoms with Gasteiger partial charge in [0.2, 0.25) is 5.91 Å². The molecule has 0 radical (unpaired) electrons. The fourth-order valence-electron chi connectivity index (χ4n) is 2.84. The maximum absolute atomic E-state index is 12.3. The van der Waals surface area contributed by atoms with Crippen molar-refractivity contribution in [1.29, 1.82) is 0 Å². The molecule has 3 N–H and O–H groups in total. The van der Waals surface area contributed by atoms with E-state index in [0.717, 1.165) is 5.56 Å². The van der Waals surface area contributed by atoms with Gasteiger partial charge in [-0.2, -0.15) is 0 Å². The van der Waals surface area contributed by atoms with E-state index >= 15 is 0 Å². The predicted molar refractivity (Wildman–Crippen MR) is 107 cm³/mol. The number of amides is 1. The van der Waals surface area contributed by atoms with Crippen LogP contribution in [0.15, 0.2) is 42.5 Å². The van der Waals surface area contributed by atoms with E-state index in [4.69, 9.17) is 10.5 Å². The molecule has 5 nitrogen and oxygen atoms in total. The third kappa shape index (κ3) is 5.66. The molecule has 2 aromatic rings. The smallest absolute Gasteiger partial charge is 0.224 e. The molecule has 0 saturated heterocycles. The summed E-state index contributed by atoms with van der Waals surface area (Å²) in [6.45, 7) is 6.12. The van der Waals surface area contributed by atoms with Gasteiger partial charge >= 0.3 is 0 Å². The lowest BCUT2D eigenvalue weighted by molar-refractivity contribution is -0.120. The van der Waals surface area contributed by atoms with Gasteiger partial charge in [0.05, 0.1) is 13.5 Å². The summed E-state index contributed by atoms with van der Waals surface area (Å²) >= 11 is 0. The Morgan fingerprint density at radius 1 is 1.07 bits per heavy atom. The molecule has 0 aliphatic heterocycles. The Kier molecular flexibility index (Phi) is 7.13. The SMILES string of the molecule is COc1ccc(C(C)=O)cc1CC(=O)NCC(N)c1ccc(C(C)C)cc1. The van der Waals surface area contributed by atoms with Crippen molar-refractivity contribution in [3.05, 3.63) is 64.7 Å². The summed E-state index contributed by atoms with van der Waals surface area (Å²) in [5.41, 5.74) is 9.67. The van der Waals surface area contributed by atoms with E-state index in [1.807, 2.05) is 12.1 Å². The highest BCUT2D eigenvalue weighted by atomic mass is 16.5. The van der Waals surface area contributed by atoms with Crippen LogP contribution in [-0.2, 0) is 11.2 Å². The average Bonchev–Trinajstić information content (AvgIpc) is 2.66. The summed E-state index contributed by atoms with van der Waals surface area (Å²) < 4.78 is 5.29. The summed E-state index contributed by atoms with van der Waals surface area (Å²) in [6.07, 6.45) is 0.128. The molecule has 1 amide bonds. The zero-order chi connectivity index (χ0) is 20.0. The number of methoxy groups -OCH3 is 1. The highest BCUT2D eigenvalue weighted by Gasteiger charge is 2.13. The van der Waals surface area contributed by atoms with Crippen LogP contribution in [0.25, 0.3) is 0 Å². The molecule has 1 atom stereocenters. The molecule has 0 heterocycles. The van der Waals surface area contributed by atoms with Gasteiger partial charge in [-0.3, -0.25) is 9.59 Å². The molecule has 2 rings (SSSR count). The third-order valence-corrected chi connectivity index (χ3v) is 4.59. The van der Waals surface area contributed by atoms with Crippen molar-refractivity contribution in [2.24, 2.45) is 5.73 Å². The van der Waals surface area contributed by atoms with Gasteiger partial charge in [0.15, 0.2) is 5.78 Å². The number of ether oxygens (including phenoxy) is 1. The zero-order valence-corrected chi connectivity index (χ0v) is 16.4. The van der Waals surface area contributed by atoms with E-state index in [2.05, 4.69) is 31.3 Å². The lowest BCUT2D eigenvalue weighted by Crippen LogP contribution is -2.33. The molecular formula is C22H28N2O3. The van der Waals surface area contributed by atoms with E-state index in [1.54, 1.807) is 25.3 Å². The number of hydrogen-bond donors (Lipinski definition) is 2. The molecule has 0 saturated carbocycles. The number of Topliss-reactive ketones (excluding diaryl/α,β-unsaturated/α-hetero) is 1. The van der Waals surface area contributed by atoms with Crippen LogP contribution in [0.4, 0.5) is 0 Å². The molecule has 0 spiro atoms. The van der Waals surface area contributed by atoms with Crippen molar-refractivity contribution >= 4 is 11.7 Å². The first-order valence-corrected chi connectivity index (χ1v) is 9.11. The zero-order valence-electron chi connectivity index (χ0n) is 16.4. The standard InChI is InChI=1S/C22H28N2O3/c1-14(2)16-5-7-17(8-6-16)20(23)13-24-22(26)12-19-11-18(15(3)25)9-10-21(19)27-4/h5-11,14,20H,12-13,23H2,1-4H3,(H,24,26). The Balaban J connectivity index is 1.97. The van der Waals surface area contributed by atoms with Crippen molar-refractivity contribution in [3.63, 3.8) is 0 Å². The van der Waals surface area contributed by atoms with Gasteiger partial charge in [0.25, 0.3) is 0 Å². The quantitative estimate of drug-likeness (QED) is 0.700. The van der Waals surface area contributed by atoms with Crippen molar-refractivity contribution in [3.8, 4) is 5.75 Å². The summed E-state index contributed by atoms with van der Waals surface area (Å²) in [5, 5.41) is 2.86. The lowest BCUT2D eigenvalue weighted by Gasteiger charge is -2.15. The minimum absolute atomic E-state index is 0.0498. The van der Waals surface area contributed by atoms with Crippen LogP contribution in [0.3, 0.4) is 0 Å². The largest absolute Gasteiger partial charge is 0.496 e. The van der Waals surface area contributed by atoms with Crippen LogP contribution in [0.2, 0.25) is 0 Å². The second-order valence-electron chi connectivity index (χ2n) is 6.99. The minimum atomic E-state index is -0.277. The maximum atomic E-state index is 12.3. The number of benzene rings is 2. The Morgan fingerprint density at radius 2 is 1.70 bits per heavy atom. The Labute approximate surface area is 160 Å². The first-order chi connectivity index (χ1) is 12.8. The predicted octanol–water partition coefficient (Wildman–Crippen LogP) is 3.38. The van der Waals surface area contributed by atoms with Crippen LogP contribution < -0.4 is 15.8 Å². The molecule has 0 aliphatic rings. The molecule has 0 bridgehead atoms. The van der Waals surface area contributed by atoms with Crippen LogP contribution in [-0.4, -0.2) is 25.3 Å². The Bertz CT molecular complexity index is 798. The summed E-state index contributed by atoms with van der Waals surface area (Å²) in [5.74, 6) is 0.842. The number of carbonyl (C=O) groups is 2. The minimum Gasteiger partial charge on any atom is -0.496 e. The highest BCUT2D eigenvalue weighted by molar-refractivity contribution is 5.94. The molecule has 0 fully saturated rings. The van der Waals surface area contributed by atoms with Crippen LogP contribution in [0.1, 0.15) is 59.8 Å². The van der Waals surface area contributed by atoms with E-state index in [9.17, 15) is 9.59 Å². The number of ketones is 1. The number of nitrogens with one attached hydrogen (secondary N) is 1. The van der Waals surface area contributed by atoms with Crippen molar-refractivity contribution in [2.75, 3.05) is 13.7 Å². The molecular weight excluding hydrogens is 340 g/mol. The van der Waals surface area contributed by atoms with Gasteiger partial charge < -0.3 is 15.8 Å². The number of carbonyl (C=O) groups excluding carboxylic acids is 2. The van der Waals surface area contributed by atoms with E-state index in [0.29, 0.717) is 29.3 Å². The van der Waals surface area contributed by atoms with E-state index in [1.165, 1.54) is 12.5 Å². The number of nitrogens with two attached hydrogens (primary N) is 1. The average molecular weight is 368 g/mol. The van der Waals surface area contributed by atoms with E-state index < -0.39 is 0 Å². The van der Waals surface area contributed by atoms with Crippen LogP contribution in [0.5, 0.6) is 5.75 Å². The number of hydrogen-bond acceptors (Lipinski definition) is 4. The van der Waals surface area contributed by atoms with Crippen molar-refractivity contribution < 1.29 is 14.3 Å². The summed E-state index contributed by atoms with van der Waals surface area (Å²) in [4.78, 5) is 23.9. The van der Waals surface area contributed by atoms with Gasteiger partial charge in [-0.05, 0) is 42.2 Å². The molecule has 0 aromatic heterocycles. The van der Waals surface area contributed by atoms with Gasteiger partial charge in [-0.15, -0.1) is 0 Å². The highest BCUT2D eigenvalue weighted by Crippen LogP contribution is 2.21. The van der Waals surface area contributed by atoms with Gasteiger partial charge in [0, 0.05) is 23.7 Å². The Hall–Kier alpha value is -2.66. The molecule has 1 unspecified atom stereocenters. The fraction of sp³-hybridized carbons (Fsp3) is 0.364. The van der Waals surface area contributed by atoms with E-state index in [-0.39, 0.29) is 24.2 Å². The van der Waals surface area contributed by atoms with Gasteiger partial charge in [-0.1, -0.05) is 38.1 Å². The second-order valence-corrected chi connectivity index (χ2v) is 6.99. The topological polar surface area (TPSA) is 81.4 Å².